The minimum atomic E-state index is 0.711. The number of imidazole rings is 1. The fourth-order valence-electron chi connectivity index (χ4n) is 4.07. The third kappa shape index (κ3) is 2.90. The number of methoxy groups -OCH3 is 2. The normalized spacial score (nSPS) is 12.2. The van der Waals surface area contributed by atoms with Gasteiger partial charge in [-0.25, -0.2) is 15.0 Å². The lowest BCUT2D eigenvalue weighted by Crippen LogP contribution is -2.12. The van der Waals surface area contributed by atoms with Crippen molar-refractivity contribution in [1.29, 1.82) is 0 Å². The number of aromatic nitrogens is 5. The summed E-state index contributed by atoms with van der Waals surface area (Å²) in [6, 6.07) is 6.20. The van der Waals surface area contributed by atoms with Crippen LogP contribution < -0.4 is 9.47 Å². The van der Waals surface area contributed by atoms with Crippen LogP contribution in [0.15, 0.2) is 49.3 Å². The van der Waals surface area contributed by atoms with Gasteiger partial charge >= 0.3 is 0 Å². The molecule has 7 heteroatoms. The number of fused-ring (bicyclic) bond motifs is 3. The fraction of sp³-hybridized carbons (Fsp3) is 0.217. The van der Waals surface area contributed by atoms with E-state index in [1.807, 2.05) is 25.4 Å². The maximum absolute atomic E-state index is 5.57. The summed E-state index contributed by atoms with van der Waals surface area (Å²) in [5, 5.41) is 0. The number of ether oxygens (including phenoxy) is 2. The lowest BCUT2D eigenvalue weighted by atomic mass is 9.94. The van der Waals surface area contributed by atoms with Gasteiger partial charge < -0.3 is 14.0 Å². The molecule has 4 aromatic rings. The maximum Gasteiger partial charge on any atom is 0.161 e. The summed E-state index contributed by atoms with van der Waals surface area (Å²) in [4.78, 5) is 17.6. The van der Waals surface area contributed by atoms with Crippen LogP contribution in [-0.2, 0) is 13.0 Å². The topological polar surface area (TPSA) is 75.0 Å². The first-order valence-electron chi connectivity index (χ1n) is 9.72. The first-order chi connectivity index (χ1) is 14.7. The van der Waals surface area contributed by atoms with Gasteiger partial charge in [0.05, 0.1) is 25.6 Å². The molecule has 0 unspecified atom stereocenters. The lowest BCUT2D eigenvalue weighted by molar-refractivity contribution is 0.354. The molecule has 0 atom stereocenters. The molecule has 5 rings (SSSR count). The van der Waals surface area contributed by atoms with Crippen LogP contribution in [-0.4, -0.2) is 38.7 Å². The molecule has 30 heavy (non-hydrogen) atoms. The molecule has 7 nitrogen and oxygen atoms in total. The maximum atomic E-state index is 5.57. The Hall–Kier alpha value is -3.74. The Kier molecular flexibility index (Phi) is 4.43. The summed E-state index contributed by atoms with van der Waals surface area (Å²) in [7, 11) is 3.32. The highest BCUT2D eigenvalue weighted by Crippen LogP contribution is 2.43. The number of rotatable bonds is 4. The number of nitrogens with zero attached hydrogens (tertiary/aromatic N) is 5. The Morgan fingerprint density at radius 2 is 1.53 bits per heavy atom. The molecule has 0 amide bonds. The monoisotopic (exact) mass is 399 g/mol. The first kappa shape index (κ1) is 18.3. The average Bonchev–Trinajstić information content (AvgIpc) is 3.15. The Balaban J connectivity index is 1.69. The molecule has 1 aromatic carbocycles. The van der Waals surface area contributed by atoms with Gasteiger partial charge in [-0.05, 0) is 37.1 Å². The zero-order valence-electron chi connectivity index (χ0n) is 17.1. The van der Waals surface area contributed by atoms with Crippen molar-refractivity contribution in [3.63, 3.8) is 0 Å². The van der Waals surface area contributed by atoms with Crippen LogP contribution in [0.4, 0.5) is 0 Å². The van der Waals surface area contributed by atoms with Crippen molar-refractivity contribution in [3.05, 3.63) is 60.7 Å². The molecule has 0 bridgehead atoms. The number of hydrogen-bond donors (Lipinski definition) is 0. The van der Waals surface area contributed by atoms with Crippen LogP contribution in [0.2, 0.25) is 0 Å². The van der Waals surface area contributed by atoms with Crippen LogP contribution in [0.5, 0.6) is 11.5 Å². The SMILES string of the molecule is COc1cc2c(cc1OC)-c1c(-c3cncc(-c4cncnc4)c3)nc(C)n1CC2. The summed E-state index contributed by atoms with van der Waals surface area (Å²) >= 11 is 0. The van der Waals surface area contributed by atoms with E-state index in [-0.39, 0.29) is 0 Å². The van der Waals surface area contributed by atoms with Gasteiger partial charge in [-0.15, -0.1) is 0 Å². The first-order valence-corrected chi connectivity index (χ1v) is 9.72. The van der Waals surface area contributed by atoms with Crippen molar-refractivity contribution in [2.75, 3.05) is 14.2 Å². The Morgan fingerprint density at radius 1 is 0.833 bits per heavy atom. The third-order valence-corrected chi connectivity index (χ3v) is 5.53. The predicted molar refractivity (Wildman–Crippen MR) is 113 cm³/mol. The molecule has 0 radical (unpaired) electrons. The van der Waals surface area contributed by atoms with Crippen molar-refractivity contribution in [1.82, 2.24) is 24.5 Å². The van der Waals surface area contributed by atoms with E-state index >= 15 is 0 Å². The van der Waals surface area contributed by atoms with Gasteiger partial charge in [0.15, 0.2) is 11.5 Å². The van der Waals surface area contributed by atoms with Gasteiger partial charge in [0, 0.05) is 53.6 Å². The standard InChI is InChI=1S/C23H21N5O2/c1-14-27-22(17-6-16(9-24-10-17)18-11-25-13-26-12-18)23-19-8-21(30-3)20(29-2)7-15(19)4-5-28(14)23/h6-13H,4-5H2,1-3H3. The minimum absolute atomic E-state index is 0.711. The fourth-order valence-corrected chi connectivity index (χ4v) is 4.07. The molecule has 0 saturated carbocycles. The number of hydrogen-bond acceptors (Lipinski definition) is 6. The number of pyridine rings is 1. The summed E-state index contributed by atoms with van der Waals surface area (Å²) < 4.78 is 13.3. The van der Waals surface area contributed by atoms with Gasteiger partial charge in [-0.2, -0.15) is 0 Å². The van der Waals surface area contributed by atoms with E-state index in [0.29, 0.717) is 5.75 Å². The second-order valence-electron chi connectivity index (χ2n) is 7.21. The van der Waals surface area contributed by atoms with Crippen molar-refractivity contribution >= 4 is 0 Å². The van der Waals surface area contributed by atoms with E-state index in [9.17, 15) is 0 Å². The summed E-state index contributed by atoms with van der Waals surface area (Å²) in [5.41, 5.74) is 7.16. The third-order valence-electron chi connectivity index (χ3n) is 5.53. The van der Waals surface area contributed by atoms with Gasteiger partial charge in [0.1, 0.15) is 12.2 Å². The van der Waals surface area contributed by atoms with Gasteiger partial charge in [0.2, 0.25) is 0 Å². The van der Waals surface area contributed by atoms with Crippen LogP contribution >= 0.6 is 0 Å². The molecule has 1 aliphatic heterocycles. The van der Waals surface area contributed by atoms with Crippen LogP contribution in [0.25, 0.3) is 33.6 Å². The molecule has 4 heterocycles. The van der Waals surface area contributed by atoms with Crippen molar-refractivity contribution in [2.24, 2.45) is 0 Å². The zero-order chi connectivity index (χ0) is 20.7. The van der Waals surface area contributed by atoms with E-state index in [1.54, 1.807) is 26.6 Å². The number of aryl methyl sites for hydroxylation is 2. The van der Waals surface area contributed by atoms with E-state index in [1.165, 1.54) is 11.9 Å². The Morgan fingerprint density at radius 3 is 2.30 bits per heavy atom. The van der Waals surface area contributed by atoms with Crippen molar-refractivity contribution in [2.45, 2.75) is 19.9 Å². The highest BCUT2D eigenvalue weighted by molar-refractivity contribution is 5.84. The summed E-state index contributed by atoms with van der Waals surface area (Å²) in [6.07, 6.45) is 9.68. The molecule has 0 N–H and O–H groups in total. The quantitative estimate of drug-likeness (QED) is 0.517. The smallest absolute Gasteiger partial charge is 0.161 e. The van der Waals surface area contributed by atoms with Crippen LogP contribution in [0.3, 0.4) is 0 Å². The second-order valence-corrected chi connectivity index (χ2v) is 7.21. The van der Waals surface area contributed by atoms with E-state index in [2.05, 4.69) is 31.7 Å². The van der Waals surface area contributed by atoms with Crippen LogP contribution in [0.1, 0.15) is 11.4 Å². The summed E-state index contributed by atoms with van der Waals surface area (Å²) in [5.74, 6) is 2.44. The Bertz CT molecular complexity index is 1230. The summed E-state index contributed by atoms with van der Waals surface area (Å²) in [6.45, 7) is 2.91. The molecule has 0 saturated heterocycles. The molecule has 150 valence electrons. The number of benzene rings is 1. The second kappa shape index (κ2) is 7.26. The van der Waals surface area contributed by atoms with Crippen molar-refractivity contribution in [3.8, 4) is 45.1 Å². The predicted octanol–water partition coefficient (Wildman–Crippen LogP) is 3.95. The zero-order valence-corrected chi connectivity index (χ0v) is 17.1. The molecular formula is C23H21N5O2. The lowest BCUT2D eigenvalue weighted by Gasteiger charge is -2.22. The molecule has 0 aliphatic carbocycles. The van der Waals surface area contributed by atoms with E-state index in [0.717, 1.165) is 58.2 Å². The molecule has 1 aliphatic rings. The molecule has 3 aromatic heterocycles. The van der Waals surface area contributed by atoms with Gasteiger partial charge in [-0.1, -0.05) is 0 Å². The highest BCUT2D eigenvalue weighted by Gasteiger charge is 2.26. The largest absolute Gasteiger partial charge is 0.493 e. The van der Waals surface area contributed by atoms with Crippen molar-refractivity contribution < 1.29 is 9.47 Å². The van der Waals surface area contributed by atoms with Crippen LogP contribution in [0, 0.1) is 6.92 Å². The molecular weight excluding hydrogens is 378 g/mol. The molecule has 0 spiro atoms. The minimum Gasteiger partial charge on any atom is -0.493 e. The Labute approximate surface area is 174 Å². The van der Waals surface area contributed by atoms with Gasteiger partial charge in [0.25, 0.3) is 0 Å². The van der Waals surface area contributed by atoms with E-state index < -0.39 is 0 Å². The average molecular weight is 399 g/mol. The van der Waals surface area contributed by atoms with E-state index in [4.69, 9.17) is 14.5 Å². The highest BCUT2D eigenvalue weighted by atomic mass is 16.5. The van der Waals surface area contributed by atoms with Gasteiger partial charge in [-0.3, -0.25) is 4.98 Å². The molecule has 0 fully saturated rings.